The number of hydrogen-bond acceptors (Lipinski definition) is 6. The Morgan fingerprint density at radius 3 is 2.60 bits per heavy atom. The molecule has 5 rings (SSSR count). The van der Waals surface area contributed by atoms with Gasteiger partial charge >= 0.3 is 0 Å². The molecule has 1 aliphatic carbocycles. The fourth-order valence-electron chi connectivity index (χ4n) is 3.47. The zero-order valence-electron chi connectivity index (χ0n) is 13.0. The molecule has 4 aromatic rings. The quantitative estimate of drug-likeness (QED) is 0.383. The number of pyridine rings is 3. The lowest BCUT2D eigenvalue weighted by Gasteiger charge is -2.20. The van der Waals surface area contributed by atoms with Crippen molar-refractivity contribution in [3.05, 3.63) is 60.0 Å². The number of fused-ring (bicyclic) bond motifs is 4. The van der Waals surface area contributed by atoms with Gasteiger partial charge in [0, 0.05) is 23.2 Å². The third-order valence-corrected chi connectivity index (χ3v) is 4.50. The number of carbonyl (C=O) groups excluding carboxylic acids is 1. The van der Waals surface area contributed by atoms with Crippen molar-refractivity contribution in [2.75, 3.05) is 12.0 Å². The van der Waals surface area contributed by atoms with Crippen molar-refractivity contribution < 1.29 is 9.90 Å². The molecule has 2 N–H and O–H groups in total. The first-order valence-corrected chi connectivity index (χ1v) is 7.86. The van der Waals surface area contributed by atoms with E-state index in [4.69, 9.17) is 4.98 Å². The van der Waals surface area contributed by atoms with Crippen LogP contribution < -0.4 is 5.32 Å². The number of benzene rings is 1. The Balaban J connectivity index is 1.99. The van der Waals surface area contributed by atoms with E-state index in [1.54, 1.807) is 18.5 Å². The van der Waals surface area contributed by atoms with E-state index in [9.17, 15) is 9.90 Å². The molecule has 0 saturated carbocycles. The van der Waals surface area contributed by atoms with Gasteiger partial charge in [0.15, 0.2) is 0 Å². The van der Waals surface area contributed by atoms with Crippen LogP contribution in [0.25, 0.3) is 33.1 Å². The molecule has 6 heteroatoms. The molecule has 1 aromatic carbocycles. The van der Waals surface area contributed by atoms with Crippen LogP contribution in [0.4, 0.5) is 5.69 Å². The van der Waals surface area contributed by atoms with E-state index in [1.165, 1.54) is 0 Å². The van der Waals surface area contributed by atoms with Crippen LogP contribution in [0.5, 0.6) is 0 Å². The monoisotopic (exact) mass is 328 g/mol. The normalized spacial score (nSPS) is 12.4. The highest BCUT2D eigenvalue weighted by Crippen LogP contribution is 2.40. The van der Waals surface area contributed by atoms with Crippen LogP contribution in [-0.4, -0.2) is 32.6 Å². The van der Waals surface area contributed by atoms with Gasteiger partial charge in [-0.25, -0.2) is 4.98 Å². The predicted molar refractivity (Wildman–Crippen MR) is 94.4 cm³/mol. The van der Waals surface area contributed by atoms with Crippen LogP contribution in [0.15, 0.2) is 48.8 Å². The second-order valence-electron chi connectivity index (χ2n) is 5.81. The Morgan fingerprint density at radius 1 is 0.920 bits per heavy atom. The number of nitrogens with one attached hydrogen (secondary N) is 1. The summed E-state index contributed by atoms with van der Waals surface area (Å²) in [6.45, 7) is -0.278. The zero-order chi connectivity index (χ0) is 17.0. The van der Waals surface area contributed by atoms with E-state index < -0.39 is 0 Å². The first-order chi connectivity index (χ1) is 12.3. The molecular formula is C19H12N4O2. The molecule has 0 fully saturated rings. The molecular weight excluding hydrogens is 316 g/mol. The second-order valence-corrected chi connectivity index (χ2v) is 5.81. The van der Waals surface area contributed by atoms with Gasteiger partial charge in [-0.05, 0) is 23.6 Å². The molecule has 0 atom stereocenters. The number of aromatic nitrogens is 3. The van der Waals surface area contributed by atoms with E-state index in [0.717, 1.165) is 21.7 Å². The van der Waals surface area contributed by atoms with Crippen LogP contribution in [0, 0.1) is 0 Å². The lowest BCUT2D eigenvalue weighted by atomic mass is 9.89. The first-order valence-electron chi connectivity index (χ1n) is 7.86. The van der Waals surface area contributed by atoms with Crippen molar-refractivity contribution in [1.29, 1.82) is 0 Å². The maximum atomic E-state index is 13.1. The number of aliphatic hydroxyl groups excluding tert-OH is 1. The van der Waals surface area contributed by atoms with Gasteiger partial charge in [-0.15, -0.1) is 0 Å². The molecule has 120 valence electrons. The maximum absolute atomic E-state index is 13.1. The molecule has 0 radical (unpaired) electrons. The van der Waals surface area contributed by atoms with Crippen molar-refractivity contribution in [3.8, 4) is 11.4 Å². The number of aliphatic hydroxyl groups is 1. The van der Waals surface area contributed by atoms with Crippen molar-refractivity contribution in [2.45, 2.75) is 0 Å². The van der Waals surface area contributed by atoms with Crippen molar-refractivity contribution in [2.24, 2.45) is 0 Å². The highest BCUT2D eigenvalue weighted by atomic mass is 16.3. The average Bonchev–Trinajstić information content (AvgIpc) is 2.66. The minimum absolute atomic E-state index is 0.214. The second kappa shape index (κ2) is 5.06. The van der Waals surface area contributed by atoms with Gasteiger partial charge in [0.1, 0.15) is 23.8 Å². The van der Waals surface area contributed by atoms with Gasteiger partial charge < -0.3 is 10.4 Å². The Labute approximate surface area is 142 Å². The SMILES string of the molecule is O=C1c2c(NCO)ccnc2-c2nc3ccccc3c3ccnc1c23. The number of para-hydroxylation sites is 1. The first kappa shape index (κ1) is 14.0. The molecule has 6 nitrogen and oxygen atoms in total. The van der Waals surface area contributed by atoms with Crippen LogP contribution in [0.3, 0.4) is 0 Å². The summed E-state index contributed by atoms with van der Waals surface area (Å²) in [7, 11) is 0. The largest absolute Gasteiger partial charge is 0.377 e. The average molecular weight is 328 g/mol. The maximum Gasteiger partial charge on any atom is 0.216 e. The predicted octanol–water partition coefficient (Wildman–Crippen LogP) is 2.75. The summed E-state index contributed by atoms with van der Waals surface area (Å²) in [5, 5.41) is 14.7. The van der Waals surface area contributed by atoms with Crippen LogP contribution >= 0.6 is 0 Å². The standard InChI is InChI=1S/C19H12N4O2/c24-9-22-13-6-8-20-16-15(13)19(25)18-14-11(5-7-21-18)10-3-1-2-4-12(10)23-17(14)16/h1-8,24H,9H2,(H,20,22). The smallest absolute Gasteiger partial charge is 0.216 e. The van der Waals surface area contributed by atoms with Gasteiger partial charge in [-0.3, -0.25) is 14.8 Å². The van der Waals surface area contributed by atoms with E-state index in [1.807, 2.05) is 30.3 Å². The number of ketones is 1. The molecule has 0 aliphatic heterocycles. The number of anilines is 1. The number of nitrogens with zero attached hydrogens (tertiary/aromatic N) is 3. The summed E-state index contributed by atoms with van der Waals surface area (Å²) in [6, 6.07) is 11.4. The third-order valence-electron chi connectivity index (χ3n) is 4.50. The van der Waals surface area contributed by atoms with Crippen LogP contribution in [0.2, 0.25) is 0 Å². The molecule has 0 spiro atoms. The summed E-state index contributed by atoms with van der Waals surface area (Å²) in [6.07, 6.45) is 3.25. The van der Waals surface area contributed by atoms with Crippen molar-refractivity contribution in [3.63, 3.8) is 0 Å². The van der Waals surface area contributed by atoms with Gasteiger partial charge in [0.2, 0.25) is 5.78 Å². The van der Waals surface area contributed by atoms with Gasteiger partial charge in [-0.1, -0.05) is 18.2 Å². The Hall–Kier alpha value is -3.38. The highest BCUT2D eigenvalue weighted by Gasteiger charge is 2.31. The Kier molecular flexibility index (Phi) is 2.83. The number of rotatable bonds is 2. The van der Waals surface area contributed by atoms with Crippen molar-refractivity contribution in [1.82, 2.24) is 15.0 Å². The number of carbonyl (C=O) groups is 1. The fourth-order valence-corrected chi connectivity index (χ4v) is 3.47. The van der Waals surface area contributed by atoms with Gasteiger partial charge in [-0.2, -0.15) is 0 Å². The topological polar surface area (TPSA) is 88.0 Å². The summed E-state index contributed by atoms with van der Waals surface area (Å²) in [4.78, 5) is 26.6. The number of hydrogen-bond donors (Lipinski definition) is 2. The molecule has 3 heterocycles. The zero-order valence-corrected chi connectivity index (χ0v) is 13.0. The highest BCUT2D eigenvalue weighted by molar-refractivity contribution is 6.28. The third kappa shape index (κ3) is 1.82. The van der Waals surface area contributed by atoms with Crippen molar-refractivity contribution >= 4 is 33.1 Å². The molecule has 0 bridgehead atoms. The lowest BCUT2D eigenvalue weighted by molar-refractivity contribution is 0.103. The summed E-state index contributed by atoms with van der Waals surface area (Å²) in [5.41, 5.74) is 3.29. The van der Waals surface area contributed by atoms with E-state index >= 15 is 0 Å². The summed E-state index contributed by atoms with van der Waals surface area (Å²) >= 11 is 0. The summed E-state index contributed by atoms with van der Waals surface area (Å²) < 4.78 is 0. The van der Waals surface area contributed by atoms with E-state index in [-0.39, 0.29) is 12.5 Å². The van der Waals surface area contributed by atoms with Crippen LogP contribution in [0.1, 0.15) is 16.1 Å². The van der Waals surface area contributed by atoms with E-state index in [2.05, 4.69) is 15.3 Å². The van der Waals surface area contributed by atoms with Gasteiger partial charge in [0.25, 0.3) is 0 Å². The lowest BCUT2D eigenvalue weighted by Crippen LogP contribution is -2.17. The van der Waals surface area contributed by atoms with Gasteiger partial charge in [0.05, 0.1) is 16.8 Å². The Morgan fingerprint density at radius 2 is 1.72 bits per heavy atom. The van der Waals surface area contributed by atoms with Crippen LogP contribution in [-0.2, 0) is 0 Å². The molecule has 0 unspecified atom stereocenters. The molecule has 3 aromatic heterocycles. The molecule has 0 saturated heterocycles. The Bertz CT molecular complexity index is 1190. The molecule has 1 aliphatic rings. The fraction of sp³-hybridized carbons (Fsp3) is 0.0526. The summed E-state index contributed by atoms with van der Waals surface area (Å²) in [5.74, 6) is -0.214. The minimum Gasteiger partial charge on any atom is -0.377 e. The molecule has 25 heavy (non-hydrogen) atoms. The molecule has 0 amide bonds. The minimum atomic E-state index is -0.278. The van der Waals surface area contributed by atoms with E-state index in [0.29, 0.717) is 28.3 Å².